The number of benzene rings is 8. The molecule has 0 aliphatic heterocycles. The Morgan fingerprint density at radius 1 is 0.509 bits per heavy atom. The maximum absolute atomic E-state index is 6.58. The van der Waals surface area contributed by atoms with Gasteiger partial charge in [-0.3, -0.25) is 0 Å². The topological polar surface area (TPSA) is 16.4 Å². The molecule has 0 fully saturated rings. The second-order valence-electron chi connectivity index (χ2n) is 16.0. The summed E-state index contributed by atoms with van der Waals surface area (Å²) in [6.45, 7) is 4.70. The number of hydrogen-bond donors (Lipinski definition) is 0. The minimum absolute atomic E-state index is 0.178. The molecule has 272 valence electrons. The Balaban J connectivity index is 1.04. The van der Waals surface area contributed by atoms with Crippen LogP contribution in [-0.2, 0) is 5.41 Å². The fourth-order valence-corrected chi connectivity index (χ4v) is 9.43. The summed E-state index contributed by atoms with van der Waals surface area (Å²) in [4.78, 5) is 2.42. The van der Waals surface area contributed by atoms with E-state index in [1.165, 1.54) is 77.2 Å². The van der Waals surface area contributed by atoms with Crippen molar-refractivity contribution in [2.45, 2.75) is 32.1 Å². The molecule has 2 aliphatic rings. The fourth-order valence-electron chi connectivity index (χ4n) is 9.43. The van der Waals surface area contributed by atoms with Gasteiger partial charge >= 0.3 is 0 Å². The molecule has 0 radical (unpaired) electrons. The van der Waals surface area contributed by atoms with Gasteiger partial charge in [-0.25, -0.2) is 0 Å². The largest absolute Gasteiger partial charge is 0.455 e. The molecule has 8 aromatic carbocycles. The number of anilines is 3. The van der Waals surface area contributed by atoms with Gasteiger partial charge in [0, 0.05) is 38.5 Å². The van der Waals surface area contributed by atoms with Crippen molar-refractivity contribution in [3.05, 3.63) is 205 Å². The Kier molecular flexibility index (Phi) is 7.69. The monoisotopic (exact) mass is 731 g/mol. The van der Waals surface area contributed by atoms with Crippen molar-refractivity contribution in [3.8, 4) is 33.4 Å². The van der Waals surface area contributed by atoms with Gasteiger partial charge in [-0.2, -0.15) is 0 Å². The third-order valence-electron chi connectivity index (χ3n) is 12.4. The maximum atomic E-state index is 6.58. The Hall–Kier alpha value is -6.90. The Bertz CT molecular complexity index is 3070. The van der Waals surface area contributed by atoms with Gasteiger partial charge in [0.15, 0.2) is 0 Å². The van der Waals surface area contributed by atoms with E-state index in [9.17, 15) is 0 Å². The first-order valence-electron chi connectivity index (χ1n) is 20.1. The van der Waals surface area contributed by atoms with Crippen LogP contribution in [0.4, 0.5) is 17.1 Å². The van der Waals surface area contributed by atoms with Crippen LogP contribution in [0.25, 0.3) is 71.7 Å². The summed E-state index contributed by atoms with van der Waals surface area (Å²) >= 11 is 0. The third-order valence-corrected chi connectivity index (χ3v) is 12.4. The number of hydrogen-bond acceptors (Lipinski definition) is 2. The molecule has 0 N–H and O–H groups in total. The Morgan fingerprint density at radius 2 is 1.16 bits per heavy atom. The van der Waals surface area contributed by atoms with Crippen molar-refractivity contribution in [3.63, 3.8) is 0 Å². The number of furan rings is 1. The van der Waals surface area contributed by atoms with Gasteiger partial charge in [0.1, 0.15) is 11.2 Å². The molecule has 2 aliphatic carbocycles. The lowest BCUT2D eigenvalue weighted by Crippen LogP contribution is -2.15. The molecule has 0 unspecified atom stereocenters. The number of para-hydroxylation sites is 1. The summed E-state index contributed by atoms with van der Waals surface area (Å²) in [5, 5.41) is 4.78. The van der Waals surface area contributed by atoms with Gasteiger partial charge in [0.05, 0.1) is 5.69 Å². The van der Waals surface area contributed by atoms with Gasteiger partial charge < -0.3 is 9.32 Å². The number of fused-ring (bicyclic) bond motifs is 8. The first kappa shape index (κ1) is 33.4. The molecule has 0 bridgehead atoms. The molecule has 2 nitrogen and oxygen atoms in total. The summed E-state index contributed by atoms with van der Waals surface area (Å²) in [6.07, 6.45) is 8.84. The van der Waals surface area contributed by atoms with E-state index < -0.39 is 0 Å². The minimum atomic E-state index is -0.178. The molecule has 0 saturated heterocycles. The zero-order valence-corrected chi connectivity index (χ0v) is 32.2. The lowest BCUT2D eigenvalue weighted by Gasteiger charge is -2.28. The lowest BCUT2D eigenvalue weighted by molar-refractivity contribution is 0.653. The highest BCUT2D eigenvalue weighted by molar-refractivity contribution is 6.12. The van der Waals surface area contributed by atoms with E-state index in [4.69, 9.17) is 4.42 Å². The van der Waals surface area contributed by atoms with Crippen LogP contribution in [0.3, 0.4) is 0 Å². The predicted molar refractivity (Wildman–Crippen MR) is 241 cm³/mol. The van der Waals surface area contributed by atoms with Crippen molar-refractivity contribution in [1.82, 2.24) is 0 Å². The van der Waals surface area contributed by atoms with Crippen LogP contribution in [0, 0.1) is 0 Å². The zero-order valence-electron chi connectivity index (χ0n) is 32.2. The molecule has 0 atom stereocenters. The number of nitrogens with zero attached hydrogens (tertiary/aromatic N) is 1. The van der Waals surface area contributed by atoms with Crippen LogP contribution in [0.15, 0.2) is 193 Å². The number of rotatable bonds is 6. The highest BCUT2D eigenvalue weighted by Gasteiger charge is 2.38. The summed E-state index contributed by atoms with van der Waals surface area (Å²) in [5.74, 6) is 0. The zero-order chi connectivity index (χ0) is 38.1. The van der Waals surface area contributed by atoms with E-state index in [1.54, 1.807) is 0 Å². The first-order chi connectivity index (χ1) is 28.0. The molecule has 1 heterocycles. The van der Waals surface area contributed by atoms with Crippen LogP contribution >= 0.6 is 0 Å². The molecule has 0 saturated carbocycles. The molecule has 9 aromatic rings. The molecule has 0 amide bonds. The second-order valence-corrected chi connectivity index (χ2v) is 16.0. The van der Waals surface area contributed by atoms with E-state index >= 15 is 0 Å². The van der Waals surface area contributed by atoms with Crippen molar-refractivity contribution in [2.24, 2.45) is 0 Å². The molecule has 2 heteroatoms. The van der Waals surface area contributed by atoms with E-state index in [1.807, 2.05) is 0 Å². The standard InChI is InChI=1S/C55H41NO/c1-55(2)49-33-31-47-46-19-11-12-20-52(46)57-54(47)53(49)48-30-25-40(35-50(48)55)43-32-34-51(45-18-10-9-17-44(43)45)56(41-26-21-38(22-27-41)36-13-5-3-6-14-36)42-28-23-39(24-29-42)37-15-7-4-8-16-37/h3-7,9-15,17-35H,8,16H2,1-2H3. The fraction of sp³-hybridized carbons (Fsp3) is 0.0909. The smallest absolute Gasteiger partial charge is 0.143 e. The number of allylic oxidation sites excluding steroid dienone is 4. The van der Waals surface area contributed by atoms with Crippen LogP contribution in [0.2, 0.25) is 0 Å². The summed E-state index contributed by atoms with van der Waals surface area (Å²) in [6, 6.07) is 62.3. The minimum Gasteiger partial charge on any atom is -0.455 e. The average Bonchev–Trinajstić information content (AvgIpc) is 3.76. The van der Waals surface area contributed by atoms with Gasteiger partial charge in [0.25, 0.3) is 0 Å². The Morgan fingerprint density at radius 3 is 1.91 bits per heavy atom. The first-order valence-corrected chi connectivity index (χ1v) is 20.1. The molecule has 11 rings (SSSR count). The predicted octanol–water partition coefficient (Wildman–Crippen LogP) is 15.6. The highest BCUT2D eigenvalue weighted by Crippen LogP contribution is 2.54. The van der Waals surface area contributed by atoms with E-state index in [0.717, 1.165) is 41.1 Å². The average molecular weight is 732 g/mol. The molecule has 1 aromatic heterocycles. The molecular weight excluding hydrogens is 691 g/mol. The van der Waals surface area contributed by atoms with Crippen molar-refractivity contribution >= 4 is 55.3 Å². The second kappa shape index (κ2) is 13.1. The van der Waals surface area contributed by atoms with Crippen LogP contribution in [0.5, 0.6) is 0 Å². The Labute approximate surface area is 333 Å². The third kappa shape index (κ3) is 5.39. The van der Waals surface area contributed by atoms with Gasteiger partial charge in [-0.1, -0.05) is 159 Å². The summed E-state index contributed by atoms with van der Waals surface area (Å²) < 4.78 is 6.58. The molecule has 57 heavy (non-hydrogen) atoms. The summed E-state index contributed by atoms with van der Waals surface area (Å²) in [7, 11) is 0. The quantitative estimate of drug-likeness (QED) is 0.169. The highest BCUT2D eigenvalue weighted by atomic mass is 16.3. The van der Waals surface area contributed by atoms with Crippen molar-refractivity contribution in [1.29, 1.82) is 0 Å². The summed E-state index contributed by atoms with van der Waals surface area (Å²) in [5.41, 5.74) is 17.8. The maximum Gasteiger partial charge on any atom is 0.143 e. The van der Waals surface area contributed by atoms with E-state index in [-0.39, 0.29) is 5.41 Å². The van der Waals surface area contributed by atoms with Crippen LogP contribution < -0.4 is 4.90 Å². The van der Waals surface area contributed by atoms with Gasteiger partial charge in [-0.05, 0) is 111 Å². The molecule has 0 spiro atoms. The van der Waals surface area contributed by atoms with Crippen molar-refractivity contribution < 1.29 is 4.42 Å². The van der Waals surface area contributed by atoms with Gasteiger partial charge in [-0.15, -0.1) is 0 Å². The van der Waals surface area contributed by atoms with Crippen LogP contribution in [-0.4, -0.2) is 0 Å². The SMILES string of the molecule is CC1(C)c2cc(-c3ccc(N(c4ccc(C5=CC=CCC5)cc4)c4ccc(-c5ccccc5)cc4)c4ccccc34)ccc2-c2c1ccc1c2oc2ccccc21. The van der Waals surface area contributed by atoms with Gasteiger partial charge in [0.2, 0.25) is 0 Å². The molecular formula is C55H41NO. The van der Waals surface area contributed by atoms with Crippen LogP contribution in [0.1, 0.15) is 43.4 Å². The lowest BCUT2D eigenvalue weighted by atomic mass is 9.81. The normalized spacial score (nSPS) is 14.2. The van der Waals surface area contributed by atoms with E-state index in [2.05, 4.69) is 207 Å². The van der Waals surface area contributed by atoms with E-state index in [0.29, 0.717) is 0 Å². The van der Waals surface area contributed by atoms with Crippen molar-refractivity contribution in [2.75, 3.05) is 4.90 Å².